The van der Waals surface area contributed by atoms with E-state index in [1.807, 2.05) is 12.3 Å². The molecule has 1 nitrogen and oxygen atoms in total. The van der Waals surface area contributed by atoms with Gasteiger partial charge >= 0.3 is 0 Å². The van der Waals surface area contributed by atoms with Crippen LogP contribution in [0.5, 0.6) is 0 Å². The lowest BCUT2D eigenvalue weighted by Gasteiger charge is -2.13. The maximum Gasteiger partial charge on any atom is 0.0969 e. The van der Waals surface area contributed by atoms with Crippen LogP contribution in [0.2, 0.25) is 0 Å². The van der Waals surface area contributed by atoms with Crippen LogP contribution in [0.1, 0.15) is 32.0 Å². The molecule has 0 aliphatic rings. The molecule has 1 aromatic heterocycles. The second-order valence-corrected chi connectivity index (χ2v) is 7.02. The van der Waals surface area contributed by atoms with Crippen LogP contribution in [0.3, 0.4) is 0 Å². The monoisotopic (exact) mass is 293 g/mol. The first-order valence-electron chi connectivity index (χ1n) is 6.49. The van der Waals surface area contributed by atoms with Crippen LogP contribution < -0.4 is 0 Å². The van der Waals surface area contributed by atoms with E-state index in [2.05, 4.69) is 51.4 Å². The van der Waals surface area contributed by atoms with Gasteiger partial charge in [-0.1, -0.05) is 26.0 Å². The van der Waals surface area contributed by atoms with Crippen molar-refractivity contribution >= 4 is 23.5 Å². The van der Waals surface area contributed by atoms with E-state index in [9.17, 15) is 0 Å². The van der Waals surface area contributed by atoms with E-state index in [0.29, 0.717) is 5.92 Å². The van der Waals surface area contributed by atoms with Crippen molar-refractivity contribution in [2.24, 2.45) is 5.92 Å². The van der Waals surface area contributed by atoms with Gasteiger partial charge in [0.2, 0.25) is 0 Å². The molecule has 0 spiro atoms. The Balaban J connectivity index is 2.82. The number of pyridine rings is 1. The number of aromatic nitrogens is 1. The van der Waals surface area contributed by atoms with Gasteiger partial charge in [0.25, 0.3) is 0 Å². The van der Waals surface area contributed by atoms with E-state index in [1.165, 1.54) is 16.0 Å². The van der Waals surface area contributed by atoms with Crippen LogP contribution in [0.25, 0.3) is 0 Å². The lowest BCUT2D eigenvalue weighted by Crippen LogP contribution is -1.96. The SMILES string of the molecule is C=CS/C(CSc1cc(C)cc(C)n1)=C(\C)C(C)C. The van der Waals surface area contributed by atoms with E-state index in [0.717, 1.165) is 16.5 Å². The zero-order valence-electron chi connectivity index (χ0n) is 12.5. The van der Waals surface area contributed by atoms with E-state index in [-0.39, 0.29) is 0 Å². The fourth-order valence-electron chi connectivity index (χ4n) is 1.68. The summed E-state index contributed by atoms with van der Waals surface area (Å²) in [6, 6.07) is 4.26. The van der Waals surface area contributed by atoms with Crippen molar-refractivity contribution in [3.8, 4) is 0 Å². The second-order valence-electron chi connectivity index (χ2n) is 4.96. The smallest absolute Gasteiger partial charge is 0.0969 e. The zero-order valence-corrected chi connectivity index (χ0v) is 14.1. The van der Waals surface area contributed by atoms with Crippen molar-refractivity contribution in [3.63, 3.8) is 0 Å². The molecule has 0 bridgehead atoms. The lowest BCUT2D eigenvalue weighted by molar-refractivity contribution is 0.765. The van der Waals surface area contributed by atoms with Crippen molar-refractivity contribution in [1.82, 2.24) is 4.98 Å². The highest BCUT2D eigenvalue weighted by atomic mass is 32.2. The van der Waals surface area contributed by atoms with Gasteiger partial charge in [-0.05, 0) is 54.7 Å². The fourth-order valence-corrected chi connectivity index (χ4v) is 3.74. The van der Waals surface area contributed by atoms with Crippen molar-refractivity contribution in [2.75, 3.05) is 5.75 Å². The third-order valence-corrected chi connectivity index (χ3v) is 4.99. The maximum atomic E-state index is 4.58. The van der Waals surface area contributed by atoms with Crippen molar-refractivity contribution in [2.45, 2.75) is 39.6 Å². The molecule has 0 aromatic carbocycles. The van der Waals surface area contributed by atoms with E-state index in [4.69, 9.17) is 0 Å². The first-order valence-corrected chi connectivity index (χ1v) is 8.35. The largest absolute Gasteiger partial charge is 0.247 e. The Morgan fingerprint density at radius 3 is 2.58 bits per heavy atom. The number of nitrogens with zero attached hydrogens (tertiary/aromatic N) is 1. The highest BCUT2D eigenvalue weighted by molar-refractivity contribution is 8.07. The minimum Gasteiger partial charge on any atom is -0.247 e. The summed E-state index contributed by atoms with van der Waals surface area (Å²) in [6.07, 6.45) is 0. The highest BCUT2D eigenvalue weighted by Gasteiger charge is 2.08. The summed E-state index contributed by atoms with van der Waals surface area (Å²) in [4.78, 5) is 5.97. The minimum absolute atomic E-state index is 0.579. The summed E-state index contributed by atoms with van der Waals surface area (Å²) in [6.45, 7) is 14.7. The van der Waals surface area contributed by atoms with Gasteiger partial charge < -0.3 is 0 Å². The molecule has 3 heteroatoms. The van der Waals surface area contributed by atoms with Gasteiger partial charge in [-0.2, -0.15) is 0 Å². The molecule has 0 radical (unpaired) electrons. The number of hydrogen-bond acceptors (Lipinski definition) is 3. The number of aryl methyl sites for hydroxylation is 2. The Morgan fingerprint density at radius 2 is 2.05 bits per heavy atom. The predicted octanol–water partition coefficient (Wildman–Crippen LogP) is 5.60. The van der Waals surface area contributed by atoms with Gasteiger partial charge in [0.1, 0.15) is 0 Å². The van der Waals surface area contributed by atoms with Crippen molar-refractivity contribution in [1.29, 1.82) is 0 Å². The molecule has 0 atom stereocenters. The molecule has 0 aliphatic heterocycles. The fraction of sp³-hybridized carbons (Fsp3) is 0.438. The normalized spacial score (nSPS) is 12.5. The van der Waals surface area contributed by atoms with Crippen LogP contribution in [-0.4, -0.2) is 10.7 Å². The predicted molar refractivity (Wildman–Crippen MR) is 89.8 cm³/mol. The molecule has 0 fully saturated rings. The van der Waals surface area contributed by atoms with E-state index in [1.54, 1.807) is 23.5 Å². The van der Waals surface area contributed by atoms with Gasteiger partial charge in [0, 0.05) is 11.4 Å². The average Bonchev–Trinajstić information content (AvgIpc) is 2.32. The Morgan fingerprint density at radius 1 is 1.37 bits per heavy atom. The molecule has 0 saturated carbocycles. The van der Waals surface area contributed by atoms with Crippen LogP contribution in [-0.2, 0) is 0 Å². The average molecular weight is 294 g/mol. The summed E-state index contributed by atoms with van der Waals surface area (Å²) in [5.41, 5.74) is 3.81. The van der Waals surface area contributed by atoms with E-state index < -0.39 is 0 Å². The van der Waals surface area contributed by atoms with Gasteiger partial charge in [-0.15, -0.1) is 23.5 Å². The summed E-state index contributed by atoms with van der Waals surface area (Å²) < 4.78 is 0. The quantitative estimate of drug-likeness (QED) is 0.634. The molecule has 19 heavy (non-hydrogen) atoms. The van der Waals surface area contributed by atoms with Gasteiger partial charge in [-0.25, -0.2) is 4.98 Å². The molecular weight excluding hydrogens is 270 g/mol. The molecule has 0 saturated heterocycles. The summed E-state index contributed by atoms with van der Waals surface area (Å²) in [7, 11) is 0. The zero-order chi connectivity index (χ0) is 14.4. The third-order valence-electron chi connectivity index (χ3n) is 2.96. The van der Waals surface area contributed by atoms with Crippen molar-refractivity contribution < 1.29 is 0 Å². The minimum atomic E-state index is 0.579. The van der Waals surface area contributed by atoms with Crippen LogP contribution in [0.15, 0.2) is 39.6 Å². The molecule has 1 aromatic rings. The molecule has 1 rings (SSSR count). The van der Waals surface area contributed by atoms with Gasteiger partial charge in [0.05, 0.1) is 5.03 Å². The second kappa shape index (κ2) is 7.81. The number of thioether (sulfide) groups is 2. The Kier molecular flexibility index (Phi) is 6.73. The standard InChI is InChI=1S/C16H23NS2/c1-7-18-15(14(6)11(2)3)10-19-16-9-12(4)8-13(5)17-16/h7-9,11H,1,10H2,2-6H3/b15-14+. The van der Waals surface area contributed by atoms with Crippen LogP contribution in [0, 0.1) is 19.8 Å². The summed E-state index contributed by atoms with van der Waals surface area (Å²) >= 11 is 3.54. The van der Waals surface area contributed by atoms with Crippen LogP contribution in [0.4, 0.5) is 0 Å². The Bertz CT molecular complexity index is 455. The molecule has 0 aliphatic carbocycles. The first kappa shape index (κ1) is 16.4. The Labute approximate surface area is 126 Å². The number of hydrogen-bond donors (Lipinski definition) is 0. The number of allylic oxidation sites excluding steroid dienone is 1. The molecule has 0 N–H and O–H groups in total. The van der Waals surface area contributed by atoms with E-state index >= 15 is 0 Å². The van der Waals surface area contributed by atoms with Gasteiger partial charge in [-0.3, -0.25) is 0 Å². The Hall–Kier alpha value is -0.670. The molecule has 1 heterocycles. The topological polar surface area (TPSA) is 12.9 Å². The lowest BCUT2D eigenvalue weighted by atomic mass is 10.1. The molecular formula is C16H23NS2. The molecule has 0 unspecified atom stereocenters. The maximum absolute atomic E-state index is 4.58. The van der Waals surface area contributed by atoms with Crippen LogP contribution >= 0.6 is 23.5 Å². The van der Waals surface area contributed by atoms with Gasteiger partial charge in [0.15, 0.2) is 0 Å². The molecule has 104 valence electrons. The molecule has 0 amide bonds. The third kappa shape index (κ3) is 5.45. The summed E-state index contributed by atoms with van der Waals surface area (Å²) in [5, 5.41) is 3.02. The highest BCUT2D eigenvalue weighted by Crippen LogP contribution is 2.31. The summed E-state index contributed by atoms with van der Waals surface area (Å²) in [5.74, 6) is 1.55. The first-order chi connectivity index (χ1) is 8.93. The number of rotatable bonds is 6. The van der Waals surface area contributed by atoms with Crippen molar-refractivity contribution in [3.05, 3.63) is 45.9 Å².